The molecule has 0 spiro atoms. The molecule has 3 aliphatic carbocycles. The lowest BCUT2D eigenvalue weighted by atomic mass is 9.44. The molecule has 1 aliphatic heterocycles. The van der Waals surface area contributed by atoms with Gasteiger partial charge in [0.2, 0.25) is 17.7 Å². The molecule has 268 valence electrons. The number of aromatic nitrogens is 1. The molecule has 6 aromatic rings. The number of carbonyl (C=O) groups excluding carboxylic acids is 4. The molecular weight excluding hydrogens is 689 g/mol. The Morgan fingerprint density at radius 3 is 2.20 bits per heavy atom. The molecule has 0 radical (unpaired) electrons. The zero-order valence-corrected chi connectivity index (χ0v) is 29.5. The van der Waals surface area contributed by atoms with Gasteiger partial charge in [0.25, 0.3) is 0 Å². The quantitative estimate of drug-likeness (QED) is 0.141. The van der Waals surface area contributed by atoms with Gasteiger partial charge in [-0.3, -0.25) is 24.1 Å². The SMILES string of the molecule is O=C1C(c2ccccc2)=CC(=O)[C@@]2(c3ccccc3)[C@@H](c3cccc(O)c3)C3=CC[C@@H]4C(=O)N(c5ccc(-c6nc7ccccc7o6)cc5)C(=O)[C@@H]4[C@@H]3C[C@@H]12. The van der Waals surface area contributed by atoms with Gasteiger partial charge < -0.3 is 9.52 Å². The van der Waals surface area contributed by atoms with Crippen molar-refractivity contribution in [2.75, 3.05) is 4.90 Å². The number of fused-ring (bicyclic) bond motifs is 5. The van der Waals surface area contributed by atoms with E-state index in [0.29, 0.717) is 51.4 Å². The number of Topliss-reactive ketones (excluding diaryl/α,β-unsaturated/α-hetero) is 1. The normalized spacial score (nSPS) is 26.0. The number of ketones is 2. The number of hydrogen-bond donors (Lipinski definition) is 1. The molecule has 8 heteroatoms. The van der Waals surface area contributed by atoms with Crippen LogP contribution in [0, 0.1) is 23.7 Å². The van der Waals surface area contributed by atoms with Crippen LogP contribution in [0.25, 0.3) is 28.1 Å². The summed E-state index contributed by atoms with van der Waals surface area (Å²) in [5, 5.41) is 10.8. The van der Waals surface area contributed by atoms with Gasteiger partial charge in [0.1, 0.15) is 11.3 Å². The van der Waals surface area contributed by atoms with E-state index >= 15 is 9.59 Å². The van der Waals surface area contributed by atoms with Gasteiger partial charge in [-0.05, 0) is 90.1 Å². The average Bonchev–Trinajstić information content (AvgIpc) is 3.77. The maximum absolute atomic E-state index is 15.1. The van der Waals surface area contributed by atoms with Crippen LogP contribution in [0.1, 0.15) is 35.4 Å². The van der Waals surface area contributed by atoms with Gasteiger partial charge in [-0.25, -0.2) is 4.98 Å². The Bertz CT molecular complexity index is 2590. The first-order valence-corrected chi connectivity index (χ1v) is 18.6. The molecule has 2 amide bonds. The van der Waals surface area contributed by atoms with Crippen molar-refractivity contribution >= 4 is 45.7 Å². The summed E-state index contributed by atoms with van der Waals surface area (Å²) in [6.07, 6.45) is 4.03. The molecule has 0 unspecified atom stereocenters. The Labute approximate surface area is 316 Å². The highest BCUT2D eigenvalue weighted by Gasteiger charge is 2.66. The van der Waals surface area contributed by atoms with E-state index in [9.17, 15) is 14.7 Å². The van der Waals surface area contributed by atoms with Crippen LogP contribution in [0.15, 0.2) is 156 Å². The number of rotatable bonds is 5. The van der Waals surface area contributed by atoms with Gasteiger partial charge in [0.05, 0.1) is 22.9 Å². The van der Waals surface area contributed by atoms with Crippen LogP contribution in [0.5, 0.6) is 5.75 Å². The summed E-state index contributed by atoms with van der Waals surface area (Å²) < 4.78 is 5.95. The van der Waals surface area contributed by atoms with E-state index in [2.05, 4.69) is 4.98 Å². The molecule has 1 N–H and O–H groups in total. The molecule has 5 aromatic carbocycles. The number of carbonyl (C=O) groups is 4. The number of anilines is 1. The molecule has 1 saturated heterocycles. The summed E-state index contributed by atoms with van der Waals surface area (Å²) in [7, 11) is 0. The second-order valence-corrected chi connectivity index (χ2v) is 14.9. The molecule has 6 atom stereocenters. The van der Waals surface area contributed by atoms with Gasteiger partial charge >= 0.3 is 0 Å². The third kappa shape index (κ3) is 4.87. The zero-order valence-electron chi connectivity index (χ0n) is 29.5. The lowest BCUT2D eigenvalue weighted by Crippen LogP contribution is -2.58. The van der Waals surface area contributed by atoms with E-state index in [1.54, 1.807) is 42.5 Å². The minimum absolute atomic E-state index is 0.0309. The highest BCUT2D eigenvalue weighted by Crippen LogP contribution is 2.64. The standard InChI is InChI=1S/C47H34N2O6/c50-32-15-9-12-29(24-32)42-33-22-23-34-41(46(54)49(45(34)53)31-20-18-28(19-21-31)44-48-38-16-7-8-17-39(38)55-44)36(33)25-37-43(52)35(27-10-3-1-4-11-27)26-40(51)47(37,42)30-13-5-2-6-14-30/h1-22,24,26,34,36-37,41-42,50H,23,25H2/t34-,36+,37-,41-,42-,47-/m0/s1. The van der Waals surface area contributed by atoms with Crippen molar-refractivity contribution in [3.63, 3.8) is 0 Å². The van der Waals surface area contributed by atoms with E-state index in [1.165, 1.54) is 11.0 Å². The highest BCUT2D eigenvalue weighted by molar-refractivity contribution is 6.32. The smallest absolute Gasteiger partial charge is 0.238 e. The van der Waals surface area contributed by atoms with E-state index in [4.69, 9.17) is 4.42 Å². The van der Waals surface area contributed by atoms with E-state index in [-0.39, 0.29) is 35.6 Å². The fourth-order valence-electron chi connectivity index (χ4n) is 9.96. The number of hydrogen-bond acceptors (Lipinski definition) is 7. The predicted octanol–water partition coefficient (Wildman–Crippen LogP) is 8.23. The minimum Gasteiger partial charge on any atom is -0.508 e. The summed E-state index contributed by atoms with van der Waals surface area (Å²) in [5.74, 6) is -3.96. The number of benzene rings is 5. The third-order valence-electron chi connectivity index (χ3n) is 12.2. The Kier molecular flexibility index (Phi) is 7.46. The molecule has 8 nitrogen and oxygen atoms in total. The number of phenols is 1. The number of phenolic OH excluding ortho intramolecular Hbond substituents is 1. The lowest BCUT2D eigenvalue weighted by molar-refractivity contribution is -0.135. The van der Waals surface area contributed by atoms with Crippen LogP contribution in [0.4, 0.5) is 5.69 Å². The topological polar surface area (TPSA) is 118 Å². The number of allylic oxidation sites excluding steroid dienone is 4. The van der Waals surface area contributed by atoms with Crippen LogP contribution in [0.2, 0.25) is 0 Å². The van der Waals surface area contributed by atoms with Crippen LogP contribution in [0.3, 0.4) is 0 Å². The second-order valence-electron chi connectivity index (χ2n) is 14.9. The first kappa shape index (κ1) is 32.9. The predicted molar refractivity (Wildman–Crippen MR) is 207 cm³/mol. The number of amides is 2. The molecule has 1 aromatic heterocycles. The van der Waals surface area contributed by atoms with E-state index in [0.717, 1.165) is 11.1 Å². The molecule has 55 heavy (non-hydrogen) atoms. The van der Waals surface area contributed by atoms with Crippen LogP contribution < -0.4 is 4.90 Å². The van der Waals surface area contributed by atoms with Gasteiger partial charge in [-0.2, -0.15) is 0 Å². The molecule has 10 rings (SSSR count). The first-order chi connectivity index (χ1) is 26.8. The van der Waals surface area contributed by atoms with Crippen LogP contribution >= 0.6 is 0 Å². The Balaban J connectivity index is 1.09. The van der Waals surface area contributed by atoms with Crippen molar-refractivity contribution in [2.24, 2.45) is 23.7 Å². The Morgan fingerprint density at radius 2 is 1.45 bits per heavy atom. The number of para-hydroxylation sites is 2. The summed E-state index contributed by atoms with van der Waals surface area (Å²) >= 11 is 0. The minimum atomic E-state index is -1.36. The van der Waals surface area contributed by atoms with Gasteiger partial charge in [-0.15, -0.1) is 0 Å². The van der Waals surface area contributed by atoms with Crippen molar-refractivity contribution in [1.29, 1.82) is 0 Å². The summed E-state index contributed by atoms with van der Waals surface area (Å²) in [6.45, 7) is 0. The molecule has 0 bridgehead atoms. The number of oxazole rings is 1. The van der Waals surface area contributed by atoms with Gasteiger partial charge in [0, 0.05) is 23.0 Å². The molecule has 2 heterocycles. The van der Waals surface area contributed by atoms with Crippen molar-refractivity contribution in [1.82, 2.24) is 4.98 Å². The first-order valence-electron chi connectivity index (χ1n) is 18.6. The average molecular weight is 723 g/mol. The third-order valence-corrected chi connectivity index (χ3v) is 12.2. The van der Waals surface area contributed by atoms with Crippen LogP contribution in [-0.2, 0) is 24.6 Å². The number of imide groups is 1. The highest BCUT2D eigenvalue weighted by atomic mass is 16.3. The zero-order chi connectivity index (χ0) is 37.4. The fraction of sp³-hybridized carbons (Fsp3) is 0.170. The van der Waals surface area contributed by atoms with E-state index in [1.807, 2.05) is 97.1 Å². The summed E-state index contributed by atoms with van der Waals surface area (Å²) in [5.41, 5.74) is 4.40. The van der Waals surface area contributed by atoms with Gasteiger partial charge in [0.15, 0.2) is 17.1 Å². The summed E-state index contributed by atoms with van der Waals surface area (Å²) in [4.78, 5) is 65.1. The lowest BCUT2D eigenvalue weighted by Gasteiger charge is -2.55. The van der Waals surface area contributed by atoms with Crippen LogP contribution in [-0.4, -0.2) is 33.5 Å². The van der Waals surface area contributed by atoms with Crippen molar-refractivity contribution in [3.05, 3.63) is 168 Å². The largest absolute Gasteiger partial charge is 0.508 e. The van der Waals surface area contributed by atoms with Gasteiger partial charge in [-0.1, -0.05) is 96.6 Å². The number of aromatic hydroxyl groups is 1. The second kappa shape index (κ2) is 12.5. The maximum atomic E-state index is 15.1. The Hall–Kier alpha value is -6.67. The van der Waals surface area contributed by atoms with Crippen molar-refractivity contribution in [3.8, 4) is 17.2 Å². The molecular formula is C47H34N2O6. The van der Waals surface area contributed by atoms with Crippen molar-refractivity contribution < 1.29 is 28.7 Å². The molecule has 2 fully saturated rings. The van der Waals surface area contributed by atoms with Crippen molar-refractivity contribution in [2.45, 2.75) is 24.2 Å². The molecule has 1 saturated carbocycles. The fourth-order valence-corrected chi connectivity index (χ4v) is 9.96. The summed E-state index contributed by atoms with van der Waals surface area (Å²) in [6, 6.07) is 40.0. The Morgan fingerprint density at radius 1 is 0.727 bits per heavy atom. The van der Waals surface area contributed by atoms with E-state index < -0.39 is 35.0 Å². The maximum Gasteiger partial charge on any atom is 0.238 e. The molecule has 4 aliphatic rings. The monoisotopic (exact) mass is 722 g/mol. The number of nitrogens with zero attached hydrogens (tertiary/aromatic N) is 2.